The van der Waals surface area contributed by atoms with Gasteiger partial charge in [-0.15, -0.1) is 0 Å². The third kappa shape index (κ3) is 4.31. The quantitative estimate of drug-likeness (QED) is 0.857. The van der Waals surface area contributed by atoms with Crippen molar-refractivity contribution < 1.29 is 4.79 Å². The molecule has 0 aliphatic carbocycles. The fourth-order valence-corrected chi connectivity index (χ4v) is 2.00. The lowest BCUT2D eigenvalue weighted by molar-refractivity contribution is 0.0946. The number of nitrogens with one attached hydrogen (secondary N) is 2. The Morgan fingerprint density at radius 1 is 1.05 bits per heavy atom. The second kappa shape index (κ2) is 7.43. The summed E-state index contributed by atoms with van der Waals surface area (Å²) in [7, 11) is 0. The number of rotatable bonds is 6. The Kier molecular flexibility index (Phi) is 5.32. The first kappa shape index (κ1) is 15.0. The maximum atomic E-state index is 12.0. The molecule has 0 aliphatic rings. The van der Waals surface area contributed by atoms with Crippen molar-refractivity contribution in [2.24, 2.45) is 0 Å². The third-order valence-electron chi connectivity index (χ3n) is 3.26. The molecule has 0 radical (unpaired) electrons. The van der Waals surface area contributed by atoms with Crippen molar-refractivity contribution in [2.75, 3.05) is 11.9 Å². The Balaban J connectivity index is 1.91. The molecule has 0 atom stereocenters. The monoisotopic (exact) mass is 283 g/mol. The predicted octanol–water partition coefficient (Wildman–Crippen LogP) is 3.01. The van der Waals surface area contributed by atoms with Gasteiger partial charge in [-0.3, -0.25) is 4.79 Å². The average molecular weight is 283 g/mol. The van der Waals surface area contributed by atoms with Crippen molar-refractivity contribution in [1.29, 1.82) is 0 Å². The molecule has 0 fully saturated rings. The molecule has 0 bridgehead atoms. The van der Waals surface area contributed by atoms with Crippen molar-refractivity contribution in [2.45, 2.75) is 26.8 Å². The predicted molar refractivity (Wildman–Crippen MR) is 85.4 cm³/mol. The van der Waals surface area contributed by atoms with Gasteiger partial charge >= 0.3 is 0 Å². The molecule has 1 aromatic carbocycles. The van der Waals surface area contributed by atoms with Crippen molar-refractivity contribution in [3.63, 3.8) is 0 Å². The number of nitrogens with zero attached hydrogens (tertiary/aromatic N) is 1. The van der Waals surface area contributed by atoms with Crippen LogP contribution in [0.2, 0.25) is 0 Å². The third-order valence-corrected chi connectivity index (χ3v) is 3.26. The van der Waals surface area contributed by atoms with E-state index in [9.17, 15) is 4.79 Å². The normalized spacial score (nSPS) is 10.2. The molecule has 21 heavy (non-hydrogen) atoms. The first-order valence-corrected chi connectivity index (χ1v) is 7.29. The molecule has 0 aliphatic heterocycles. The van der Waals surface area contributed by atoms with E-state index in [-0.39, 0.29) is 5.91 Å². The lowest BCUT2D eigenvalue weighted by Crippen LogP contribution is -2.23. The van der Waals surface area contributed by atoms with E-state index in [2.05, 4.69) is 34.7 Å². The standard InChI is InChI=1S/C17H21N3O/c1-3-13-5-7-14(8-6-13)11-20-17(21)16-10-9-15(12-19-16)18-4-2/h5-10,12,18H,3-4,11H2,1-2H3,(H,20,21). The van der Waals surface area contributed by atoms with Crippen molar-refractivity contribution in [3.8, 4) is 0 Å². The number of carbonyl (C=O) groups is 1. The molecule has 0 unspecified atom stereocenters. The zero-order valence-electron chi connectivity index (χ0n) is 12.5. The summed E-state index contributed by atoms with van der Waals surface area (Å²) in [5.41, 5.74) is 3.74. The molecule has 0 spiro atoms. The second-order valence-corrected chi connectivity index (χ2v) is 4.82. The SMILES string of the molecule is CCNc1ccc(C(=O)NCc2ccc(CC)cc2)nc1. The number of anilines is 1. The smallest absolute Gasteiger partial charge is 0.270 e. The molecule has 0 saturated carbocycles. The first-order valence-electron chi connectivity index (χ1n) is 7.29. The van der Waals surface area contributed by atoms with E-state index in [0.717, 1.165) is 24.2 Å². The number of pyridine rings is 1. The molecule has 1 amide bonds. The van der Waals surface area contributed by atoms with Gasteiger partial charge in [0.15, 0.2) is 0 Å². The maximum Gasteiger partial charge on any atom is 0.270 e. The Bertz CT molecular complexity index is 576. The zero-order chi connectivity index (χ0) is 15.1. The summed E-state index contributed by atoms with van der Waals surface area (Å²) in [5, 5.41) is 6.03. The van der Waals surface area contributed by atoms with E-state index in [1.54, 1.807) is 12.3 Å². The van der Waals surface area contributed by atoms with Crippen LogP contribution < -0.4 is 10.6 Å². The van der Waals surface area contributed by atoms with E-state index in [4.69, 9.17) is 0 Å². The number of amides is 1. The van der Waals surface area contributed by atoms with Crippen LogP contribution >= 0.6 is 0 Å². The molecular weight excluding hydrogens is 262 g/mol. The second-order valence-electron chi connectivity index (χ2n) is 4.82. The fraction of sp³-hybridized carbons (Fsp3) is 0.294. The lowest BCUT2D eigenvalue weighted by Gasteiger charge is -2.07. The number of hydrogen-bond donors (Lipinski definition) is 2. The zero-order valence-corrected chi connectivity index (χ0v) is 12.5. The maximum absolute atomic E-state index is 12.0. The Labute approximate surface area is 125 Å². The van der Waals surface area contributed by atoms with Gasteiger partial charge in [-0.2, -0.15) is 0 Å². The number of hydrogen-bond acceptors (Lipinski definition) is 3. The molecule has 2 aromatic rings. The van der Waals surface area contributed by atoms with Crippen molar-refractivity contribution >= 4 is 11.6 Å². The van der Waals surface area contributed by atoms with Gasteiger partial charge < -0.3 is 10.6 Å². The minimum Gasteiger partial charge on any atom is -0.384 e. The average Bonchev–Trinajstić information content (AvgIpc) is 2.54. The first-order chi connectivity index (χ1) is 10.2. The van der Waals surface area contributed by atoms with Gasteiger partial charge in [0.2, 0.25) is 0 Å². The Morgan fingerprint density at radius 2 is 1.76 bits per heavy atom. The van der Waals surface area contributed by atoms with Gasteiger partial charge in [0, 0.05) is 13.1 Å². The summed E-state index contributed by atoms with van der Waals surface area (Å²) in [6.45, 7) is 5.49. The van der Waals surface area contributed by atoms with Crippen LogP contribution in [0.5, 0.6) is 0 Å². The minimum atomic E-state index is -0.155. The largest absolute Gasteiger partial charge is 0.384 e. The Morgan fingerprint density at radius 3 is 2.33 bits per heavy atom. The summed E-state index contributed by atoms with van der Waals surface area (Å²) in [6.07, 6.45) is 2.70. The molecule has 1 aromatic heterocycles. The van der Waals surface area contributed by atoms with E-state index >= 15 is 0 Å². The molecule has 4 heteroatoms. The molecule has 0 saturated heterocycles. The molecule has 4 nitrogen and oxygen atoms in total. The van der Waals surface area contributed by atoms with Crippen LogP contribution in [0, 0.1) is 0 Å². The molecule has 110 valence electrons. The van der Waals surface area contributed by atoms with Crippen LogP contribution in [-0.2, 0) is 13.0 Å². The van der Waals surface area contributed by atoms with Crippen LogP contribution in [0.1, 0.15) is 35.5 Å². The molecule has 2 rings (SSSR count). The van der Waals surface area contributed by atoms with Gasteiger partial charge in [-0.25, -0.2) is 4.98 Å². The summed E-state index contributed by atoms with van der Waals surface area (Å²) in [4.78, 5) is 16.2. The van der Waals surface area contributed by atoms with E-state index < -0.39 is 0 Å². The van der Waals surface area contributed by atoms with Crippen LogP contribution in [0.3, 0.4) is 0 Å². The lowest BCUT2D eigenvalue weighted by atomic mass is 10.1. The summed E-state index contributed by atoms with van der Waals surface area (Å²) < 4.78 is 0. The topological polar surface area (TPSA) is 54.0 Å². The van der Waals surface area contributed by atoms with E-state index in [0.29, 0.717) is 12.2 Å². The fourth-order valence-electron chi connectivity index (χ4n) is 2.00. The number of benzene rings is 1. The molecule has 1 heterocycles. The summed E-state index contributed by atoms with van der Waals surface area (Å²) in [5.74, 6) is -0.155. The van der Waals surface area contributed by atoms with Gasteiger partial charge in [0.1, 0.15) is 5.69 Å². The van der Waals surface area contributed by atoms with Crippen LogP contribution in [0.25, 0.3) is 0 Å². The molecule has 2 N–H and O–H groups in total. The Hall–Kier alpha value is -2.36. The van der Waals surface area contributed by atoms with E-state index in [1.165, 1.54) is 5.56 Å². The molecular formula is C17H21N3O. The summed E-state index contributed by atoms with van der Waals surface area (Å²) >= 11 is 0. The number of carbonyl (C=O) groups excluding carboxylic acids is 1. The van der Waals surface area contributed by atoms with E-state index in [1.807, 2.05) is 25.1 Å². The van der Waals surface area contributed by atoms with Crippen molar-refractivity contribution in [1.82, 2.24) is 10.3 Å². The number of aryl methyl sites for hydroxylation is 1. The van der Waals surface area contributed by atoms with Crippen LogP contribution in [0.4, 0.5) is 5.69 Å². The van der Waals surface area contributed by atoms with Crippen LogP contribution in [-0.4, -0.2) is 17.4 Å². The van der Waals surface area contributed by atoms with Crippen molar-refractivity contribution in [3.05, 3.63) is 59.4 Å². The highest BCUT2D eigenvalue weighted by Crippen LogP contribution is 2.07. The summed E-state index contributed by atoms with van der Waals surface area (Å²) in [6, 6.07) is 11.9. The van der Waals surface area contributed by atoms with Gasteiger partial charge in [0.05, 0.1) is 11.9 Å². The highest BCUT2D eigenvalue weighted by Gasteiger charge is 2.06. The minimum absolute atomic E-state index is 0.155. The highest BCUT2D eigenvalue weighted by molar-refractivity contribution is 5.92. The van der Waals surface area contributed by atoms with Crippen LogP contribution in [0.15, 0.2) is 42.6 Å². The van der Waals surface area contributed by atoms with Gasteiger partial charge in [-0.1, -0.05) is 31.2 Å². The van der Waals surface area contributed by atoms with Gasteiger partial charge in [-0.05, 0) is 36.6 Å². The number of aromatic nitrogens is 1. The highest BCUT2D eigenvalue weighted by atomic mass is 16.1. The van der Waals surface area contributed by atoms with Gasteiger partial charge in [0.25, 0.3) is 5.91 Å².